The number of anilines is 1. The Bertz CT molecular complexity index is 724. The lowest BCUT2D eigenvalue weighted by atomic mass is 10.3. The minimum Gasteiger partial charge on any atom is -0.494 e. The molecule has 2 rings (SSSR count). The molecule has 0 atom stereocenters. The first-order valence-electron chi connectivity index (χ1n) is 7.29. The van der Waals surface area contributed by atoms with Crippen molar-refractivity contribution in [3.05, 3.63) is 30.4 Å². The number of fused-ring (bicyclic) bond motifs is 1. The Balaban J connectivity index is 1.94. The standard InChI is InChI=1S/C16H18N2O4S/c1-3-5-6-15(20)22-10-14(19)18-16-17-12-8-7-11(21-4-2)9-13(12)23-16/h5-9H,3-4,10H2,1-2H3,(H,17,18,19)/b6-5+. The highest BCUT2D eigenvalue weighted by atomic mass is 32.1. The van der Waals surface area contributed by atoms with Gasteiger partial charge in [-0.05, 0) is 31.5 Å². The summed E-state index contributed by atoms with van der Waals surface area (Å²) in [6.45, 7) is 4.07. The van der Waals surface area contributed by atoms with Crippen LogP contribution in [-0.2, 0) is 14.3 Å². The number of thiazole rings is 1. The molecule has 0 aliphatic carbocycles. The minimum absolute atomic E-state index is 0.340. The van der Waals surface area contributed by atoms with Gasteiger partial charge >= 0.3 is 5.97 Å². The van der Waals surface area contributed by atoms with Crippen LogP contribution in [-0.4, -0.2) is 30.1 Å². The minimum atomic E-state index is -0.535. The first-order chi connectivity index (χ1) is 11.1. The van der Waals surface area contributed by atoms with Gasteiger partial charge in [0, 0.05) is 6.08 Å². The SMILES string of the molecule is CC/C=C/C(=O)OCC(=O)Nc1nc2ccc(OCC)cc2s1. The Hall–Kier alpha value is -2.41. The van der Waals surface area contributed by atoms with Gasteiger partial charge in [0.2, 0.25) is 0 Å². The molecule has 0 fully saturated rings. The fraction of sp³-hybridized carbons (Fsp3) is 0.312. The third-order valence-corrected chi connectivity index (χ3v) is 3.69. The second-order valence-corrected chi connectivity index (χ2v) is 5.58. The predicted octanol–water partition coefficient (Wildman–Crippen LogP) is 3.14. The van der Waals surface area contributed by atoms with Gasteiger partial charge < -0.3 is 9.47 Å². The smallest absolute Gasteiger partial charge is 0.330 e. The fourth-order valence-corrected chi connectivity index (χ4v) is 2.68. The van der Waals surface area contributed by atoms with Gasteiger partial charge in [-0.2, -0.15) is 0 Å². The molecule has 1 aromatic carbocycles. The van der Waals surface area contributed by atoms with E-state index in [0.29, 0.717) is 11.7 Å². The number of amides is 1. The van der Waals surface area contributed by atoms with Crippen molar-refractivity contribution < 1.29 is 19.1 Å². The molecule has 0 bridgehead atoms. The number of carbonyl (C=O) groups is 2. The number of ether oxygens (including phenoxy) is 2. The van der Waals surface area contributed by atoms with E-state index in [1.54, 1.807) is 6.08 Å². The third kappa shape index (κ3) is 5.07. The first-order valence-corrected chi connectivity index (χ1v) is 8.10. The summed E-state index contributed by atoms with van der Waals surface area (Å²) in [5.74, 6) is -0.196. The van der Waals surface area contributed by atoms with Gasteiger partial charge in [-0.3, -0.25) is 10.1 Å². The molecule has 1 N–H and O–H groups in total. The quantitative estimate of drug-likeness (QED) is 0.622. The van der Waals surface area contributed by atoms with Crippen molar-refractivity contribution in [2.75, 3.05) is 18.5 Å². The molecular formula is C16H18N2O4S. The molecule has 0 aliphatic rings. The summed E-state index contributed by atoms with van der Waals surface area (Å²) in [4.78, 5) is 27.4. The van der Waals surface area contributed by atoms with Gasteiger partial charge in [-0.25, -0.2) is 9.78 Å². The van der Waals surface area contributed by atoms with E-state index in [2.05, 4.69) is 10.3 Å². The zero-order chi connectivity index (χ0) is 16.7. The fourth-order valence-electron chi connectivity index (χ4n) is 1.77. The molecule has 0 spiro atoms. The normalized spacial score (nSPS) is 10.9. The van der Waals surface area contributed by atoms with E-state index in [9.17, 15) is 9.59 Å². The van der Waals surface area contributed by atoms with Crippen molar-refractivity contribution in [2.24, 2.45) is 0 Å². The molecule has 1 heterocycles. The van der Waals surface area contributed by atoms with Crippen LogP contribution in [0, 0.1) is 0 Å². The summed E-state index contributed by atoms with van der Waals surface area (Å²) in [7, 11) is 0. The van der Waals surface area contributed by atoms with Crippen molar-refractivity contribution in [3.8, 4) is 5.75 Å². The van der Waals surface area contributed by atoms with Crippen LogP contribution in [0.2, 0.25) is 0 Å². The molecule has 0 radical (unpaired) electrons. The lowest BCUT2D eigenvalue weighted by Gasteiger charge is -2.01. The van der Waals surface area contributed by atoms with E-state index in [4.69, 9.17) is 9.47 Å². The highest BCUT2D eigenvalue weighted by molar-refractivity contribution is 7.22. The van der Waals surface area contributed by atoms with Gasteiger partial charge in [0.05, 0.1) is 16.8 Å². The summed E-state index contributed by atoms with van der Waals surface area (Å²) in [6, 6.07) is 5.54. The molecular weight excluding hydrogens is 316 g/mol. The molecule has 1 aromatic heterocycles. The monoisotopic (exact) mass is 334 g/mol. The summed E-state index contributed by atoms with van der Waals surface area (Å²) < 4.78 is 11.2. The number of carbonyl (C=O) groups excluding carboxylic acids is 2. The van der Waals surface area contributed by atoms with Crippen LogP contribution in [0.1, 0.15) is 20.3 Å². The van der Waals surface area contributed by atoms with Crippen LogP contribution in [0.25, 0.3) is 10.2 Å². The maximum absolute atomic E-state index is 11.8. The molecule has 23 heavy (non-hydrogen) atoms. The summed E-state index contributed by atoms with van der Waals surface area (Å²) in [5.41, 5.74) is 0.775. The highest BCUT2D eigenvalue weighted by Crippen LogP contribution is 2.29. The molecule has 0 unspecified atom stereocenters. The number of nitrogens with zero attached hydrogens (tertiary/aromatic N) is 1. The van der Waals surface area contributed by atoms with Gasteiger partial charge in [-0.15, -0.1) is 0 Å². The van der Waals surface area contributed by atoms with Crippen LogP contribution in [0.3, 0.4) is 0 Å². The average Bonchev–Trinajstić information content (AvgIpc) is 2.92. The van der Waals surface area contributed by atoms with Gasteiger partial charge in [-0.1, -0.05) is 24.3 Å². The Kier molecular flexibility index (Phi) is 6.10. The number of rotatable bonds is 7. The number of hydrogen-bond acceptors (Lipinski definition) is 6. The molecule has 1 amide bonds. The molecule has 2 aromatic rings. The second kappa shape index (κ2) is 8.28. The van der Waals surface area contributed by atoms with Gasteiger partial charge in [0.15, 0.2) is 11.7 Å². The summed E-state index contributed by atoms with van der Waals surface area (Å²) in [6.07, 6.45) is 3.71. The topological polar surface area (TPSA) is 77.5 Å². The maximum Gasteiger partial charge on any atom is 0.330 e. The summed E-state index contributed by atoms with van der Waals surface area (Å²) >= 11 is 1.34. The van der Waals surface area contributed by atoms with Crippen molar-refractivity contribution in [1.82, 2.24) is 4.98 Å². The van der Waals surface area contributed by atoms with E-state index in [0.717, 1.165) is 22.4 Å². The van der Waals surface area contributed by atoms with E-state index in [1.165, 1.54) is 17.4 Å². The number of hydrogen-bond donors (Lipinski definition) is 1. The van der Waals surface area contributed by atoms with E-state index in [-0.39, 0.29) is 6.61 Å². The first kappa shape index (κ1) is 17.0. The molecule has 0 aliphatic heterocycles. The number of nitrogens with one attached hydrogen (secondary N) is 1. The molecule has 0 saturated carbocycles. The van der Waals surface area contributed by atoms with Crippen LogP contribution in [0.5, 0.6) is 5.75 Å². The molecule has 0 saturated heterocycles. The largest absolute Gasteiger partial charge is 0.494 e. The Labute approximate surface area is 138 Å². The number of aromatic nitrogens is 1. The second-order valence-electron chi connectivity index (χ2n) is 4.55. The predicted molar refractivity (Wildman–Crippen MR) is 89.8 cm³/mol. The van der Waals surface area contributed by atoms with Crippen LogP contribution < -0.4 is 10.1 Å². The van der Waals surface area contributed by atoms with Crippen molar-refractivity contribution in [1.29, 1.82) is 0 Å². The maximum atomic E-state index is 11.8. The van der Waals surface area contributed by atoms with Crippen LogP contribution in [0.4, 0.5) is 5.13 Å². The van der Waals surface area contributed by atoms with Crippen LogP contribution in [0.15, 0.2) is 30.4 Å². The third-order valence-electron chi connectivity index (χ3n) is 2.75. The van der Waals surface area contributed by atoms with E-state index < -0.39 is 11.9 Å². The number of esters is 1. The van der Waals surface area contributed by atoms with Crippen molar-refractivity contribution >= 4 is 38.6 Å². The zero-order valence-electron chi connectivity index (χ0n) is 13.0. The highest BCUT2D eigenvalue weighted by Gasteiger charge is 2.10. The Morgan fingerprint density at radius 2 is 2.17 bits per heavy atom. The number of benzene rings is 1. The summed E-state index contributed by atoms with van der Waals surface area (Å²) in [5, 5.41) is 3.08. The van der Waals surface area contributed by atoms with Crippen LogP contribution >= 0.6 is 11.3 Å². The van der Waals surface area contributed by atoms with Crippen molar-refractivity contribution in [2.45, 2.75) is 20.3 Å². The van der Waals surface area contributed by atoms with Crippen molar-refractivity contribution in [3.63, 3.8) is 0 Å². The van der Waals surface area contributed by atoms with E-state index in [1.807, 2.05) is 32.0 Å². The molecule has 6 nitrogen and oxygen atoms in total. The lowest BCUT2D eigenvalue weighted by Crippen LogP contribution is -2.19. The average molecular weight is 334 g/mol. The zero-order valence-corrected chi connectivity index (χ0v) is 13.8. The van der Waals surface area contributed by atoms with Gasteiger partial charge in [0.1, 0.15) is 5.75 Å². The van der Waals surface area contributed by atoms with E-state index >= 15 is 0 Å². The molecule has 122 valence electrons. The lowest BCUT2D eigenvalue weighted by molar-refractivity contribution is -0.142. The Morgan fingerprint density at radius 3 is 2.91 bits per heavy atom. The van der Waals surface area contributed by atoms with Gasteiger partial charge in [0.25, 0.3) is 5.91 Å². The Morgan fingerprint density at radius 1 is 1.35 bits per heavy atom. The number of allylic oxidation sites excluding steroid dienone is 1. The molecule has 7 heteroatoms.